The van der Waals surface area contributed by atoms with Gasteiger partial charge in [-0.3, -0.25) is 4.79 Å². The van der Waals surface area contributed by atoms with Crippen LogP contribution in [0.25, 0.3) is 5.69 Å². The van der Waals surface area contributed by atoms with E-state index in [-0.39, 0.29) is 18.6 Å². The Morgan fingerprint density at radius 1 is 1.30 bits per heavy atom. The van der Waals surface area contributed by atoms with Gasteiger partial charge in [0.25, 0.3) is 0 Å². The van der Waals surface area contributed by atoms with E-state index >= 15 is 0 Å². The average Bonchev–Trinajstić information content (AvgIpc) is 3.14. The molecule has 1 saturated heterocycles. The zero-order valence-electron chi connectivity index (χ0n) is 13.1. The fourth-order valence-electron chi connectivity index (χ4n) is 2.70. The third-order valence-corrected chi connectivity index (χ3v) is 3.96. The first-order valence-corrected chi connectivity index (χ1v) is 8.00. The molecule has 2 N–H and O–H groups in total. The first kappa shape index (κ1) is 15.7. The van der Waals surface area contributed by atoms with Crippen molar-refractivity contribution in [2.24, 2.45) is 0 Å². The predicted octanol–water partition coefficient (Wildman–Crippen LogP) is 1.26. The lowest BCUT2D eigenvalue weighted by atomic mass is 10.1. The van der Waals surface area contributed by atoms with Crippen LogP contribution in [0, 0.1) is 0 Å². The van der Waals surface area contributed by atoms with E-state index in [1.807, 2.05) is 36.5 Å². The van der Waals surface area contributed by atoms with Crippen molar-refractivity contribution >= 4 is 5.91 Å². The van der Waals surface area contributed by atoms with Gasteiger partial charge in [-0.05, 0) is 43.6 Å². The average molecular weight is 314 g/mol. The highest BCUT2D eigenvalue weighted by molar-refractivity contribution is 5.77. The van der Waals surface area contributed by atoms with Gasteiger partial charge >= 0.3 is 0 Å². The molecule has 0 aliphatic carbocycles. The summed E-state index contributed by atoms with van der Waals surface area (Å²) in [5.41, 5.74) is 1.99. The maximum Gasteiger partial charge on any atom is 0.246 e. The molecule has 2 aromatic rings. The zero-order valence-corrected chi connectivity index (χ0v) is 13.1. The van der Waals surface area contributed by atoms with Gasteiger partial charge in [0, 0.05) is 18.9 Å². The molecular weight excluding hydrogens is 292 g/mol. The summed E-state index contributed by atoms with van der Waals surface area (Å²) in [5.74, 6) is -0.0844. The molecule has 0 bridgehead atoms. The van der Waals surface area contributed by atoms with E-state index in [1.165, 1.54) is 0 Å². The number of nitrogens with one attached hydrogen (secondary N) is 2. The first-order chi connectivity index (χ1) is 11.3. The number of hydrogen-bond acceptors (Lipinski definition) is 4. The number of nitrogens with zero attached hydrogens (tertiary/aromatic N) is 2. The van der Waals surface area contributed by atoms with E-state index in [9.17, 15) is 4.79 Å². The Bertz CT molecular complexity index is 621. The van der Waals surface area contributed by atoms with E-state index in [0.717, 1.165) is 37.2 Å². The number of piperidine rings is 1. The molecular formula is C17H22N4O2. The minimum Gasteiger partial charge on any atom is -0.368 e. The summed E-state index contributed by atoms with van der Waals surface area (Å²) in [4.78, 5) is 12.0. The van der Waals surface area contributed by atoms with Crippen LogP contribution in [0.3, 0.4) is 0 Å². The molecule has 3 rings (SSSR count). The van der Waals surface area contributed by atoms with Crippen LogP contribution in [0.1, 0.15) is 18.4 Å². The third kappa shape index (κ3) is 4.40. The summed E-state index contributed by atoms with van der Waals surface area (Å²) in [5, 5.41) is 10.4. The van der Waals surface area contributed by atoms with E-state index in [0.29, 0.717) is 6.54 Å². The lowest BCUT2D eigenvalue weighted by Crippen LogP contribution is -2.35. The summed E-state index contributed by atoms with van der Waals surface area (Å²) in [6, 6.07) is 9.77. The van der Waals surface area contributed by atoms with Crippen LogP contribution in [-0.4, -0.2) is 41.5 Å². The molecule has 6 heteroatoms. The fourth-order valence-corrected chi connectivity index (χ4v) is 2.70. The molecule has 122 valence electrons. The Morgan fingerprint density at radius 2 is 2.13 bits per heavy atom. The van der Waals surface area contributed by atoms with Crippen molar-refractivity contribution in [1.82, 2.24) is 20.4 Å². The molecule has 1 aromatic heterocycles. The fraction of sp³-hybridized carbons (Fsp3) is 0.412. The monoisotopic (exact) mass is 314 g/mol. The number of benzene rings is 1. The molecule has 0 atom stereocenters. The van der Waals surface area contributed by atoms with Crippen molar-refractivity contribution in [3.63, 3.8) is 0 Å². The van der Waals surface area contributed by atoms with Gasteiger partial charge in [0.2, 0.25) is 5.91 Å². The van der Waals surface area contributed by atoms with E-state index < -0.39 is 0 Å². The number of ether oxygens (including phenoxy) is 1. The largest absolute Gasteiger partial charge is 0.368 e. The van der Waals surface area contributed by atoms with Crippen LogP contribution in [0.15, 0.2) is 42.7 Å². The van der Waals surface area contributed by atoms with E-state index in [4.69, 9.17) is 4.74 Å². The standard InChI is InChI=1S/C17H22N4O2/c22-17(13-23-15-6-9-18-10-7-15)19-12-14-4-1-2-5-16(14)21-11-3-8-20-21/h1-5,8,11,15,18H,6-7,9-10,12-13H2,(H,19,22). The molecule has 23 heavy (non-hydrogen) atoms. The van der Waals surface area contributed by atoms with Crippen LogP contribution in [-0.2, 0) is 16.1 Å². The van der Waals surface area contributed by atoms with E-state index in [1.54, 1.807) is 10.9 Å². The van der Waals surface area contributed by atoms with Crippen LogP contribution >= 0.6 is 0 Å². The predicted molar refractivity (Wildman–Crippen MR) is 87.3 cm³/mol. The summed E-state index contributed by atoms with van der Waals surface area (Å²) < 4.78 is 7.46. The molecule has 1 aromatic carbocycles. The molecule has 1 aliphatic heterocycles. The maximum atomic E-state index is 12.0. The zero-order chi connectivity index (χ0) is 15.9. The van der Waals surface area contributed by atoms with Crippen molar-refractivity contribution in [3.05, 3.63) is 48.3 Å². The molecule has 1 fully saturated rings. The van der Waals surface area contributed by atoms with Gasteiger partial charge in [-0.2, -0.15) is 5.10 Å². The summed E-state index contributed by atoms with van der Waals surface area (Å²) in [6.45, 7) is 2.51. The maximum absolute atomic E-state index is 12.0. The van der Waals surface area contributed by atoms with Crippen molar-refractivity contribution < 1.29 is 9.53 Å². The molecule has 0 unspecified atom stereocenters. The number of para-hydroxylation sites is 1. The van der Waals surface area contributed by atoms with Gasteiger partial charge in [-0.1, -0.05) is 18.2 Å². The molecule has 0 radical (unpaired) electrons. The SMILES string of the molecule is O=C(COC1CCNCC1)NCc1ccccc1-n1cccn1. The second kappa shape index (κ2) is 7.89. The summed E-state index contributed by atoms with van der Waals surface area (Å²) in [7, 11) is 0. The number of amides is 1. The lowest BCUT2D eigenvalue weighted by Gasteiger charge is -2.22. The molecule has 2 heterocycles. The number of carbonyl (C=O) groups excluding carboxylic acids is 1. The number of aromatic nitrogens is 2. The quantitative estimate of drug-likeness (QED) is 0.842. The molecule has 0 spiro atoms. The second-order valence-electron chi connectivity index (χ2n) is 5.62. The Balaban J connectivity index is 1.51. The Hall–Kier alpha value is -2.18. The van der Waals surface area contributed by atoms with Crippen molar-refractivity contribution in [2.75, 3.05) is 19.7 Å². The van der Waals surface area contributed by atoms with Gasteiger partial charge in [-0.25, -0.2) is 4.68 Å². The Labute approximate surface area is 135 Å². The van der Waals surface area contributed by atoms with Gasteiger partial charge in [0.05, 0.1) is 11.8 Å². The van der Waals surface area contributed by atoms with Gasteiger partial charge in [0.1, 0.15) is 6.61 Å². The number of rotatable bonds is 6. The minimum atomic E-state index is -0.0844. The lowest BCUT2D eigenvalue weighted by molar-refractivity contribution is -0.128. The number of hydrogen-bond donors (Lipinski definition) is 2. The van der Waals surface area contributed by atoms with E-state index in [2.05, 4.69) is 15.7 Å². The van der Waals surface area contributed by atoms with Crippen LogP contribution in [0.2, 0.25) is 0 Å². The Kier molecular flexibility index (Phi) is 5.39. The Morgan fingerprint density at radius 3 is 2.91 bits per heavy atom. The van der Waals surface area contributed by atoms with Crippen LogP contribution in [0.4, 0.5) is 0 Å². The highest BCUT2D eigenvalue weighted by Crippen LogP contribution is 2.13. The summed E-state index contributed by atoms with van der Waals surface area (Å²) >= 11 is 0. The highest BCUT2D eigenvalue weighted by Gasteiger charge is 2.15. The third-order valence-electron chi connectivity index (χ3n) is 3.96. The molecule has 0 saturated carbocycles. The number of carbonyl (C=O) groups is 1. The molecule has 6 nitrogen and oxygen atoms in total. The summed E-state index contributed by atoms with van der Waals surface area (Å²) in [6.07, 6.45) is 5.76. The van der Waals surface area contributed by atoms with Crippen molar-refractivity contribution in [3.8, 4) is 5.69 Å². The van der Waals surface area contributed by atoms with Gasteiger partial charge in [0.15, 0.2) is 0 Å². The van der Waals surface area contributed by atoms with Crippen molar-refractivity contribution in [2.45, 2.75) is 25.5 Å². The minimum absolute atomic E-state index is 0.0844. The van der Waals surface area contributed by atoms with Crippen LogP contribution in [0.5, 0.6) is 0 Å². The highest BCUT2D eigenvalue weighted by atomic mass is 16.5. The first-order valence-electron chi connectivity index (χ1n) is 8.00. The van der Waals surface area contributed by atoms with Crippen molar-refractivity contribution in [1.29, 1.82) is 0 Å². The van der Waals surface area contributed by atoms with Gasteiger partial charge < -0.3 is 15.4 Å². The van der Waals surface area contributed by atoms with Gasteiger partial charge in [-0.15, -0.1) is 0 Å². The second-order valence-corrected chi connectivity index (χ2v) is 5.62. The molecule has 1 amide bonds. The smallest absolute Gasteiger partial charge is 0.246 e. The molecule has 1 aliphatic rings. The van der Waals surface area contributed by atoms with Crippen LogP contribution < -0.4 is 10.6 Å². The normalized spacial score (nSPS) is 15.5. The topological polar surface area (TPSA) is 68.2 Å².